The van der Waals surface area contributed by atoms with Gasteiger partial charge < -0.3 is 9.90 Å². The Morgan fingerprint density at radius 3 is 1.89 bits per heavy atom. The molecule has 2 atom stereocenters. The second-order valence-electron chi connectivity index (χ2n) is 1.79. The molecule has 0 spiro atoms. The average Bonchev–Trinajstić information content (AvgIpc) is 1.64. The van der Waals surface area contributed by atoms with E-state index in [1.165, 1.54) is 6.92 Å². The van der Waals surface area contributed by atoms with Gasteiger partial charge in [-0.3, -0.25) is 0 Å². The maximum atomic E-state index is 9.95. The summed E-state index contributed by atoms with van der Waals surface area (Å²) in [5, 5.41) is 9.60. The molecule has 0 saturated carbocycles. The van der Waals surface area contributed by atoms with Crippen LogP contribution < -0.4 is 34.7 Å². The van der Waals surface area contributed by atoms with E-state index in [1.807, 2.05) is 0 Å². The maximum absolute atomic E-state index is 9.95. The van der Waals surface area contributed by atoms with E-state index >= 15 is 0 Å². The van der Waals surface area contributed by atoms with Gasteiger partial charge in [-0.05, 0) is 6.92 Å². The second kappa shape index (κ2) is 5.54. The van der Waals surface area contributed by atoms with Crippen molar-refractivity contribution in [3.63, 3.8) is 0 Å². The summed E-state index contributed by atoms with van der Waals surface area (Å²) >= 11 is 5.40. The fraction of sp³-hybridized carbons (Fsp3) is 0.800. The van der Waals surface area contributed by atoms with Crippen LogP contribution in [0.2, 0.25) is 0 Å². The molecule has 0 fully saturated rings. The molecule has 48 valence electrons. The first-order valence-corrected chi connectivity index (χ1v) is 2.84. The van der Waals surface area contributed by atoms with E-state index < -0.39 is 11.9 Å². The van der Waals surface area contributed by atoms with Crippen LogP contribution in [0, 0.1) is 5.92 Å². The zero-order valence-electron chi connectivity index (χ0n) is 5.85. The predicted molar refractivity (Wildman–Crippen MR) is 29.5 cm³/mol. The summed E-state index contributed by atoms with van der Waals surface area (Å²) in [6, 6.07) is 0. The molecule has 0 saturated heterocycles. The zero-order chi connectivity index (χ0) is 6.73. The molecular formula is C5H8ClNaO2. The van der Waals surface area contributed by atoms with E-state index in [9.17, 15) is 9.90 Å². The van der Waals surface area contributed by atoms with Crippen LogP contribution >= 0.6 is 11.6 Å². The van der Waals surface area contributed by atoms with E-state index in [0.29, 0.717) is 0 Å². The summed E-state index contributed by atoms with van der Waals surface area (Å²) in [4.78, 5) is 9.95. The van der Waals surface area contributed by atoms with Crippen LogP contribution in [-0.2, 0) is 4.79 Å². The number of rotatable bonds is 2. The molecule has 0 amide bonds. The monoisotopic (exact) mass is 158 g/mol. The van der Waals surface area contributed by atoms with Crippen LogP contribution in [0.15, 0.2) is 0 Å². The number of hydrogen-bond acceptors (Lipinski definition) is 2. The Hall–Kier alpha value is 0.760. The van der Waals surface area contributed by atoms with Crippen molar-refractivity contribution < 1.29 is 39.5 Å². The van der Waals surface area contributed by atoms with E-state index in [2.05, 4.69) is 0 Å². The minimum Gasteiger partial charge on any atom is -0.550 e. The molecule has 0 radical (unpaired) electrons. The number of carbonyl (C=O) groups excluding carboxylic acids is 1. The quantitative estimate of drug-likeness (QED) is 0.318. The SMILES string of the molecule is CC(Cl)C(C)C(=O)[O-].[Na+]. The molecule has 0 aromatic rings. The third kappa shape index (κ3) is 5.22. The van der Waals surface area contributed by atoms with Gasteiger partial charge in [0.25, 0.3) is 0 Å². The summed E-state index contributed by atoms with van der Waals surface area (Å²) in [7, 11) is 0. The zero-order valence-corrected chi connectivity index (χ0v) is 8.61. The molecule has 0 aliphatic rings. The summed E-state index contributed by atoms with van der Waals surface area (Å²) in [6.45, 7) is 3.15. The topological polar surface area (TPSA) is 40.1 Å². The molecule has 0 aromatic heterocycles. The van der Waals surface area contributed by atoms with Gasteiger partial charge in [0.15, 0.2) is 0 Å². The molecule has 0 aliphatic carbocycles. The number of carbonyl (C=O) groups is 1. The van der Waals surface area contributed by atoms with Gasteiger partial charge in [-0.2, -0.15) is 0 Å². The molecular weight excluding hydrogens is 150 g/mol. The van der Waals surface area contributed by atoms with Crippen molar-refractivity contribution >= 4 is 17.6 Å². The van der Waals surface area contributed by atoms with Crippen LogP contribution in [0.4, 0.5) is 0 Å². The molecule has 2 unspecified atom stereocenters. The predicted octanol–water partition coefficient (Wildman–Crippen LogP) is -3.00. The number of alkyl halides is 1. The molecule has 0 aliphatic heterocycles. The van der Waals surface area contributed by atoms with Gasteiger partial charge >= 0.3 is 29.6 Å². The van der Waals surface area contributed by atoms with E-state index in [0.717, 1.165) is 0 Å². The van der Waals surface area contributed by atoms with Crippen molar-refractivity contribution in [2.24, 2.45) is 5.92 Å². The Balaban J connectivity index is 0. The van der Waals surface area contributed by atoms with Crippen LogP contribution in [0.1, 0.15) is 13.8 Å². The van der Waals surface area contributed by atoms with Gasteiger partial charge in [0.1, 0.15) is 0 Å². The minimum atomic E-state index is -1.09. The van der Waals surface area contributed by atoms with Gasteiger partial charge in [-0.15, -0.1) is 11.6 Å². The van der Waals surface area contributed by atoms with Crippen molar-refractivity contribution in [1.82, 2.24) is 0 Å². The fourth-order valence-electron chi connectivity index (χ4n) is 0.188. The molecule has 0 heterocycles. The number of carboxylic acid groups (broad SMARTS) is 1. The summed E-state index contributed by atoms with van der Waals surface area (Å²) in [5.41, 5.74) is 0. The first-order chi connectivity index (χ1) is 3.55. The van der Waals surface area contributed by atoms with Gasteiger partial charge in [0, 0.05) is 17.3 Å². The molecule has 0 rings (SSSR count). The first-order valence-electron chi connectivity index (χ1n) is 2.40. The van der Waals surface area contributed by atoms with Gasteiger partial charge in [0.05, 0.1) is 0 Å². The van der Waals surface area contributed by atoms with Gasteiger partial charge in [-0.1, -0.05) is 6.92 Å². The van der Waals surface area contributed by atoms with Crippen molar-refractivity contribution in [2.75, 3.05) is 0 Å². The Kier molecular flexibility index (Phi) is 7.65. The second-order valence-corrected chi connectivity index (χ2v) is 2.47. The van der Waals surface area contributed by atoms with Crippen LogP contribution in [0.5, 0.6) is 0 Å². The van der Waals surface area contributed by atoms with Crippen molar-refractivity contribution in [2.45, 2.75) is 19.2 Å². The number of hydrogen-bond donors (Lipinski definition) is 0. The van der Waals surface area contributed by atoms with E-state index in [1.54, 1.807) is 6.92 Å². The maximum Gasteiger partial charge on any atom is 1.00 e. The van der Waals surface area contributed by atoms with E-state index in [-0.39, 0.29) is 34.9 Å². The normalized spacial score (nSPS) is 15.4. The summed E-state index contributed by atoms with van der Waals surface area (Å²) in [6.07, 6.45) is 0. The summed E-state index contributed by atoms with van der Waals surface area (Å²) in [5.74, 6) is -1.65. The molecule has 0 bridgehead atoms. The summed E-state index contributed by atoms with van der Waals surface area (Å²) < 4.78 is 0. The standard InChI is InChI=1S/C5H9ClO2.Na/c1-3(4(2)6)5(7)8;/h3-4H,1-2H3,(H,7,8);/q;+1/p-1. The van der Waals surface area contributed by atoms with Gasteiger partial charge in [0.2, 0.25) is 0 Å². The Labute approximate surface area is 81.9 Å². The van der Waals surface area contributed by atoms with Crippen LogP contribution in [0.3, 0.4) is 0 Å². The molecule has 0 N–H and O–H groups in total. The Morgan fingerprint density at radius 2 is 1.89 bits per heavy atom. The largest absolute Gasteiger partial charge is 1.00 e. The van der Waals surface area contributed by atoms with E-state index in [4.69, 9.17) is 11.6 Å². The average molecular weight is 159 g/mol. The third-order valence-corrected chi connectivity index (χ3v) is 1.44. The number of aliphatic carboxylic acids is 1. The molecule has 2 nitrogen and oxygen atoms in total. The van der Waals surface area contributed by atoms with Crippen molar-refractivity contribution in [3.05, 3.63) is 0 Å². The number of halogens is 1. The molecule has 4 heteroatoms. The van der Waals surface area contributed by atoms with Crippen LogP contribution in [0.25, 0.3) is 0 Å². The third-order valence-electron chi connectivity index (χ3n) is 1.06. The number of carboxylic acids is 1. The molecule has 0 aromatic carbocycles. The first kappa shape index (κ1) is 12.4. The molecule has 9 heavy (non-hydrogen) atoms. The van der Waals surface area contributed by atoms with Gasteiger partial charge in [-0.25, -0.2) is 0 Å². The smallest absolute Gasteiger partial charge is 0.550 e. The van der Waals surface area contributed by atoms with Crippen LogP contribution in [-0.4, -0.2) is 11.3 Å². The Morgan fingerprint density at radius 1 is 1.56 bits per heavy atom. The van der Waals surface area contributed by atoms with Crippen molar-refractivity contribution in [1.29, 1.82) is 0 Å². The Bertz CT molecular complexity index is 95.0. The minimum absolute atomic E-state index is 0. The van der Waals surface area contributed by atoms with Crippen molar-refractivity contribution in [3.8, 4) is 0 Å². The fourth-order valence-corrected chi connectivity index (χ4v) is 0.290.